The van der Waals surface area contributed by atoms with Gasteiger partial charge in [-0.2, -0.15) is 9.13 Å². The molecule has 0 amide bonds. The van der Waals surface area contributed by atoms with Crippen LogP contribution in [0.1, 0.15) is 43.1 Å². The Bertz CT molecular complexity index is 2370. The average Bonchev–Trinajstić information content (AvgIpc) is 3.65. The predicted octanol–water partition coefficient (Wildman–Crippen LogP) is 8.73. The first-order valence-corrected chi connectivity index (χ1v) is 16.5. The van der Waals surface area contributed by atoms with Crippen molar-refractivity contribution in [2.45, 2.75) is 49.5 Å². The number of pyridine rings is 3. The molecule has 0 atom stereocenters. The minimum atomic E-state index is 0. The van der Waals surface area contributed by atoms with Crippen LogP contribution in [0, 0.1) is 34.6 Å². The molecule has 0 spiro atoms. The van der Waals surface area contributed by atoms with Gasteiger partial charge in [0.2, 0.25) is 11.4 Å². The van der Waals surface area contributed by atoms with Crippen molar-refractivity contribution < 1.29 is 13.7 Å². The van der Waals surface area contributed by atoms with Crippen molar-refractivity contribution >= 4 is 32.7 Å². The number of rotatable bonds is 2. The van der Waals surface area contributed by atoms with Gasteiger partial charge in [0.1, 0.15) is 23.6 Å². The molecule has 0 saturated carbocycles. The Labute approximate surface area is 298 Å². The lowest BCUT2D eigenvalue weighted by Gasteiger charge is -2.04. The minimum absolute atomic E-state index is 0. The predicted molar refractivity (Wildman–Crippen MR) is 210 cm³/mol. The summed E-state index contributed by atoms with van der Waals surface area (Å²) in [6.45, 7) is 10.7. The quantitative estimate of drug-likeness (QED) is 0.165. The first kappa shape index (κ1) is 37.3. The highest BCUT2D eigenvalue weighted by Gasteiger charge is 2.15. The van der Waals surface area contributed by atoms with Crippen molar-refractivity contribution in [2.24, 2.45) is 28.2 Å². The van der Waals surface area contributed by atoms with Crippen LogP contribution in [-0.4, -0.2) is 13.7 Å². The Morgan fingerprint density at radius 2 is 0.880 bits per heavy atom. The van der Waals surface area contributed by atoms with Gasteiger partial charge in [-0.1, -0.05) is 51.3 Å². The highest BCUT2D eigenvalue weighted by Crippen LogP contribution is 2.19. The summed E-state index contributed by atoms with van der Waals surface area (Å²) in [7, 11) is 8.36. The SMILES string of the molecule is C.C.Cc1cc2cc[n+](-c3ccccc3)cc2n1C.Cc1cc2cc[n+](C)cc2n1C.Cc1cccc(C)c1-[n+]1ccc2cc(C)n(C)c2c1. The fourth-order valence-corrected chi connectivity index (χ4v) is 6.44. The summed E-state index contributed by atoms with van der Waals surface area (Å²) in [6, 6.07) is 30.0. The third-order valence-electron chi connectivity index (χ3n) is 9.57. The Morgan fingerprint density at radius 1 is 0.460 bits per heavy atom. The fourth-order valence-electron chi connectivity index (χ4n) is 6.44. The van der Waals surface area contributed by atoms with Crippen molar-refractivity contribution in [3.8, 4) is 11.4 Å². The highest BCUT2D eigenvalue weighted by molar-refractivity contribution is 5.80. The van der Waals surface area contributed by atoms with Gasteiger partial charge in [0, 0.05) is 95.8 Å². The van der Waals surface area contributed by atoms with E-state index in [-0.39, 0.29) is 14.9 Å². The second-order valence-electron chi connectivity index (χ2n) is 12.9. The molecule has 0 bridgehead atoms. The van der Waals surface area contributed by atoms with Gasteiger partial charge in [-0.25, -0.2) is 4.57 Å². The molecule has 0 aliphatic carbocycles. The Kier molecular flexibility index (Phi) is 11.5. The summed E-state index contributed by atoms with van der Waals surface area (Å²) >= 11 is 0. The third kappa shape index (κ3) is 7.40. The standard InChI is InChI=1S/C17H19N2.C15H15N2.C10H13N2.2CH4/c1-12-6-5-7-13(2)17(12)19-9-8-15-10-14(3)18(4)16(15)11-19;1-12-10-13-8-9-17(11-15(13)16(12)2)14-6-4-3-5-7-14;1-8-6-9-4-5-11(2)7-10(9)12(8)3;;/h5-11H,1-4H3;3-11H,1-2H3;4-7H,1-3H3;2*1H4/q3*+1;;. The molecule has 0 aliphatic rings. The Morgan fingerprint density at radius 3 is 1.38 bits per heavy atom. The van der Waals surface area contributed by atoms with Crippen LogP contribution in [0.15, 0.2) is 122 Å². The molecule has 6 heteroatoms. The maximum absolute atomic E-state index is 2.24. The maximum atomic E-state index is 2.24. The normalized spacial score (nSPS) is 10.6. The first-order valence-electron chi connectivity index (χ1n) is 16.5. The first-order chi connectivity index (χ1) is 23.0. The van der Waals surface area contributed by atoms with Gasteiger partial charge < -0.3 is 13.7 Å². The summed E-state index contributed by atoms with van der Waals surface area (Å²) in [6.07, 6.45) is 12.9. The molecule has 0 N–H and O–H groups in total. The van der Waals surface area contributed by atoms with E-state index in [1.807, 2.05) is 13.1 Å². The van der Waals surface area contributed by atoms with Crippen molar-refractivity contribution in [1.29, 1.82) is 0 Å². The molecule has 0 unspecified atom stereocenters. The summed E-state index contributed by atoms with van der Waals surface area (Å²) in [5.74, 6) is 0. The Balaban J connectivity index is 0.000000169. The van der Waals surface area contributed by atoms with Gasteiger partial charge in [0.25, 0.3) is 0 Å². The van der Waals surface area contributed by atoms with E-state index in [0.29, 0.717) is 0 Å². The van der Waals surface area contributed by atoms with Crippen molar-refractivity contribution in [3.63, 3.8) is 0 Å². The van der Waals surface area contributed by atoms with Gasteiger partial charge in [0.15, 0.2) is 37.2 Å². The molecule has 8 rings (SSSR count). The second kappa shape index (κ2) is 15.4. The molecule has 0 fully saturated rings. The van der Waals surface area contributed by atoms with Crippen LogP contribution in [0.25, 0.3) is 44.1 Å². The number of nitrogens with zero attached hydrogens (tertiary/aromatic N) is 6. The number of hydrogen-bond donors (Lipinski definition) is 0. The van der Waals surface area contributed by atoms with Crippen LogP contribution in [0.3, 0.4) is 0 Å². The van der Waals surface area contributed by atoms with E-state index in [2.05, 4.69) is 199 Å². The number of fused-ring (bicyclic) bond motifs is 3. The highest BCUT2D eigenvalue weighted by atomic mass is 15.0. The molecule has 6 nitrogen and oxygen atoms in total. The lowest BCUT2D eigenvalue weighted by molar-refractivity contribution is -0.670. The molecule has 0 saturated heterocycles. The fraction of sp³-hybridized carbons (Fsp3) is 0.250. The van der Waals surface area contributed by atoms with Crippen LogP contribution in [-0.2, 0) is 28.2 Å². The van der Waals surface area contributed by atoms with E-state index in [9.17, 15) is 0 Å². The summed E-state index contributed by atoms with van der Waals surface area (Å²) in [4.78, 5) is 0. The van der Waals surface area contributed by atoms with Gasteiger partial charge in [-0.05, 0) is 52.8 Å². The van der Waals surface area contributed by atoms with Crippen molar-refractivity contribution in [2.75, 3.05) is 0 Å². The van der Waals surface area contributed by atoms with Gasteiger partial charge >= 0.3 is 0 Å². The van der Waals surface area contributed by atoms with E-state index in [1.54, 1.807) is 0 Å². The summed E-state index contributed by atoms with van der Waals surface area (Å²) in [5, 5.41) is 3.90. The number of aryl methyl sites for hydroxylation is 9. The van der Waals surface area contributed by atoms with Crippen LogP contribution in [0.2, 0.25) is 0 Å². The van der Waals surface area contributed by atoms with E-state index in [4.69, 9.17) is 0 Å². The van der Waals surface area contributed by atoms with E-state index in [1.165, 1.54) is 72.3 Å². The molecule has 6 heterocycles. The van der Waals surface area contributed by atoms with Crippen molar-refractivity contribution in [1.82, 2.24) is 13.7 Å². The number of aromatic nitrogens is 6. The van der Waals surface area contributed by atoms with Crippen LogP contribution < -0.4 is 13.7 Å². The van der Waals surface area contributed by atoms with Crippen LogP contribution in [0.4, 0.5) is 0 Å². The van der Waals surface area contributed by atoms with Gasteiger partial charge in [0.05, 0.1) is 0 Å². The minimum Gasteiger partial charge on any atom is -0.343 e. The zero-order chi connectivity index (χ0) is 34.1. The molecule has 258 valence electrons. The molecule has 6 aromatic heterocycles. The molecule has 50 heavy (non-hydrogen) atoms. The molecule has 2 aromatic carbocycles. The van der Waals surface area contributed by atoms with E-state index in [0.717, 1.165) is 0 Å². The van der Waals surface area contributed by atoms with Gasteiger partial charge in [-0.15, -0.1) is 0 Å². The zero-order valence-corrected chi connectivity index (χ0v) is 29.7. The number of para-hydroxylation sites is 2. The van der Waals surface area contributed by atoms with Crippen LogP contribution >= 0.6 is 0 Å². The lowest BCUT2D eigenvalue weighted by Crippen LogP contribution is -2.31. The van der Waals surface area contributed by atoms with Crippen LogP contribution in [0.5, 0.6) is 0 Å². The van der Waals surface area contributed by atoms with E-state index < -0.39 is 0 Å². The Hall–Kier alpha value is -5.49. The van der Waals surface area contributed by atoms with Gasteiger partial charge in [-0.3, -0.25) is 0 Å². The lowest BCUT2D eigenvalue weighted by atomic mass is 10.1. The molecular weight excluding hydrogens is 613 g/mol. The maximum Gasteiger partial charge on any atom is 0.216 e. The number of hydrogen-bond acceptors (Lipinski definition) is 0. The van der Waals surface area contributed by atoms with Crippen molar-refractivity contribution in [3.05, 3.63) is 150 Å². The topological polar surface area (TPSA) is 26.4 Å². The second-order valence-corrected chi connectivity index (χ2v) is 12.9. The zero-order valence-electron chi connectivity index (χ0n) is 29.7. The largest absolute Gasteiger partial charge is 0.343 e. The summed E-state index contributed by atoms with van der Waals surface area (Å²) < 4.78 is 13.1. The third-order valence-corrected chi connectivity index (χ3v) is 9.57. The smallest absolute Gasteiger partial charge is 0.216 e. The molecule has 0 radical (unpaired) electrons. The molecule has 0 aliphatic heterocycles. The summed E-state index contributed by atoms with van der Waals surface area (Å²) in [5.41, 5.74) is 12.8. The van der Waals surface area contributed by atoms with E-state index >= 15 is 0 Å². The molecular formula is C44H55N6+3. The number of benzene rings is 2. The average molecular weight is 668 g/mol. The molecule has 8 aromatic rings. The monoisotopic (exact) mass is 667 g/mol.